The number of carbonyl (C=O) groups is 3. The van der Waals surface area contributed by atoms with Crippen LogP contribution in [0.3, 0.4) is 0 Å². The summed E-state index contributed by atoms with van der Waals surface area (Å²) < 4.78 is 4.57. The average Bonchev–Trinajstić information content (AvgIpc) is 2.53. The fraction of sp³-hybridized carbons (Fsp3) is 0.389. The van der Waals surface area contributed by atoms with Crippen molar-refractivity contribution in [2.24, 2.45) is 0 Å². The summed E-state index contributed by atoms with van der Waals surface area (Å²) in [4.78, 5) is 34.2. The zero-order valence-corrected chi connectivity index (χ0v) is 13.6. The van der Waals surface area contributed by atoms with Gasteiger partial charge in [-0.15, -0.1) is 0 Å². The van der Waals surface area contributed by atoms with Crippen LogP contribution < -0.4 is 5.32 Å². The van der Waals surface area contributed by atoms with Crippen molar-refractivity contribution in [3.8, 4) is 11.8 Å². The molecule has 0 aliphatic heterocycles. The van der Waals surface area contributed by atoms with E-state index in [0.717, 1.165) is 6.42 Å². The first kappa shape index (κ1) is 18.4. The third-order valence-electron chi connectivity index (χ3n) is 3.09. The number of benzene rings is 1. The smallest absolute Gasteiger partial charge is 0.328 e. The number of carbonyl (C=O) groups excluding carboxylic acids is 3. The van der Waals surface area contributed by atoms with Crippen molar-refractivity contribution in [3.63, 3.8) is 0 Å². The SMILES string of the molecule is COC(=O)C(C)NC(=O)c1cccc(C#CCCCC(C)=O)c1. The summed E-state index contributed by atoms with van der Waals surface area (Å²) in [7, 11) is 1.27. The van der Waals surface area contributed by atoms with Crippen LogP contribution in [0.15, 0.2) is 24.3 Å². The fourth-order valence-corrected chi connectivity index (χ4v) is 1.84. The number of nitrogens with one attached hydrogen (secondary N) is 1. The van der Waals surface area contributed by atoms with E-state index in [4.69, 9.17) is 0 Å². The van der Waals surface area contributed by atoms with Gasteiger partial charge >= 0.3 is 5.97 Å². The molecule has 0 heterocycles. The topological polar surface area (TPSA) is 72.5 Å². The molecule has 0 saturated carbocycles. The Hall–Kier alpha value is -2.61. The Bertz CT molecular complexity index is 640. The van der Waals surface area contributed by atoms with Crippen LogP contribution in [0.4, 0.5) is 0 Å². The molecule has 1 amide bonds. The van der Waals surface area contributed by atoms with Crippen LogP contribution >= 0.6 is 0 Å². The lowest BCUT2D eigenvalue weighted by Crippen LogP contribution is -2.39. The molecule has 5 heteroatoms. The lowest BCUT2D eigenvalue weighted by molar-refractivity contribution is -0.142. The molecule has 5 nitrogen and oxygen atoms in total. The molecule has 1 unspecified atom stereocenters. The van der Waals surface area contributed by atoms with E-state index in [1.165, 1.54) is 7.11 Å². The van der Waals surface area contributed by atoms with E-state index in [1.807, 2.05) is 0 Å². The monoisotopic (exact) mass is 315 g/mol. The first-order valence-corrected chi connectivity index (χ1v) is 7.41. The second-order valence-corrected chi connectivity index (χ2v) is 5.16. The number of rotatable bonds is 6. The average molecular weight is 315 g/mol. The van der Waals surface area contributed by atoms with Gasteiger partial charge in [-0.1, -0.05) is 17.9 Å². The van der Waals surface area contributed by atoms with Gasteiger partial charge in [-0.2, -0.15) is 0 Å². The number of ketones is 1. The van der Waals surface area contributed by atoms with Crippen LogP contribution in [0, 0.1) is 11.8 Å². The number of Topliss-reactive ketones (excluding diaryl/α,β-unsaturated/α-hetero) is 1. The minimum atomic E-state index is -0.714. The number of methoxy groups -OCH3 is 1. The summed E-state index contributed by atoms with van der Waals surface area (Å²) in [6, 6.07) is 6.14. The normalized spacial score (nSPS) is 10.9. The molecular weight excluding hydrogens is 294 g/mol. The lowest BCUT2D eigenvalue weighted by Gasteiger charge is -2.11. The second kappa shape index (κ2) is 9.42. The maximum Gasteiger partial charge on any atom is 0.328 e. The van der Waals surface area contributed by atoms with Gasteiger partial charge in [-0.25, -0.2) is 4.79 Å². The molecule has 0 aromatic heterocycles. The van der Waals surface area contributed by atoms with Crippen molar-refractivity contribution >= 4 is 17.7 Å². The Balaban J connectivity index is 2.66. The van der Waals surface area contributed by atoms with Crippen molar-refractivity contribution in [2.75, 3.05) is 7.11 Å². The molecule has 0 aliphatic rings. The number of esters is 1. The molecule has 0 saturated heterocycles. The van der Waals surface area contributed by atoms with Crippen LogP contribution in [0.5, 0.6) is 0 Å². The molecule has 1 aromatic rings. The van der Waals surface area contributed by atoms with Gasteiger partial charge in [0.2, 0.25) is 0 Å². The third kappa shape index (κ3) is 6.79. The van der Waals surface area contributed by atoms with Crippen molar-refractivity contribution in [1.29, 1.82) is 0 Å². The standard InChI is InChI=1S/C18H21NO4/c1-13(20)8-5-4-6-9-15-10-7-11-16(12-15)17(21)19-14(2)18(22)23-3/h7,10-12,14H,4-5,8H2,1-3H3,(H,19,21). The van der Waals surface area contributed by atoms with Crippen LogP contribution in [0.2, 0.25) is 0 Å². The van der Waals surface area contributed by atoms with Crippen molar-refractivity contribution in [1.82, 2.24) is 5.32 Å². The maximum atomic E-state index is 12.1. The first-order valence-electron chi connectivity index (χ1n) is 7.41. The van der Waals surface area contributed by atoms with E-state index < -0.39 is 12.0 Å². The zero-order valence-electron chi connectivity index (χ0n) is 13.6. The van der Waals surface area contributed by atoms with Gasteiger partial charge in [0.1, 0.15) is 11.8 Å². The Morgan fingerprint density at radius 3 is 2.70 bits per heavy atom. The van der Waals surface area contributed by atoms with Gasteiger partial charge in [0, 0.05) is 24.0 Å². The predicted molar refractivity (Wildman–Crippen MR) is 86.8 cm³/mol. The molecule has 0 spiro atoms. The van der Waals surface area contributed by atoms with Crippen molar-refractivity contribution in [3.05, 3.63) is 35.4 Å². The molecule has 0 bridgehead atoms. The second-order valence-electron chi connectivity index (χ2n) is 5.16. The predicted octanol–water partition coefficient (Wildman–Crippen LogP) is 2.09. The maximum absolute atomic E-state index is 12.1. The summed E-state index contributed by atoms with van der Waals surface area (Å²) in [6.45, 7) is 3.12. The Labute approximate surface area is 136 Å². The zero-order chi connectivity index (χ0) is 17.2. The molecule has 0 fully saturated rings. The highest BCUT2D eigenvalue weighted by atomic mass is 16.5. The van der Waals surface area contributed by atoms with Gasteiger partial charge in [0.25, 0.3) is 5.91 Å². The number of amides is 1. The van der Waals surface area contributed by atoms with Crippen LogP contribution in [0.25, 0.3) is 0 Å². The molecule has 1 aromatic carbocycles. The molecule has 1 N–H and O–H groups in total. The van der Waals surface area contributed by atoms with E-state index in [2.05, 4.69) is 21.9 Å². The summed E-state index contributed by atoms with van der Waals surface area (Å²) >= 11 is 0. The molecule has 0 radical (unpaired) electrons. The summed E-state index contributed by atoms with van der Waals surface area (Å²) in [5.74, 6) is 5.25. The highest BCUT2D eigenvalue weighted by Crippen LogP contribution is 2.05. The fourth-order valence-electron chi connectivity index (χ4n) is 1.84. The largest absolute Gasteiger partial charge is 0.467 e. The Kier molecular flexibility index (Phi) is 7.55. The minimum Gasteiger partial charge on any atom is -0.467 e. The first-order chi connectivity index (χ1) is 10.9. The molecule has 1 rings (SSSR count). The van der Waals surface area contributed by atoms with Gasteiger partial charge in [0.15, 0.2) is 0 Å². The van der Waals surface area contributed by atoms with E-state index in [-0.39, 0.29) is 11.7 Å². The van der Waals surface area contributed by atoms with Crippen LogP contribution in [-0.2, 0) is 14.3 Å². The van der Waals surface area contributed by atoms with Gasteiger partial charge < -0.3 is 14.8 Å². The lowest BCUT2D eigenvalue weighted by atomic mass is 10.1. The van der Waals surface area contributed by atoms with Gasteiger partial charge in [-0.05, 0) is 38.5 Å². The minimum absolute atomic E-state index is 0.158. The molecule has 122 valence electrons. The highest BCUT2D eigenvalue weighted by Gasteiger charge is 2.16. The van der Waals surface area contributed by atoms with Crippen molar-refractivity contribution in [2.45, 2.75) is 39.2 Å². The quantitative estimate of drug-likeness (QED) is 0.496. The van der Waals surface area contributed by atoms with Crippen LogP contribution in [-0.4, -0.2) is 30.8 Å². The number of hydrogen-bond acceptors (Lipinski definition) is 4. The highest BCUT2D eigenvalue weighted by molar-refractivity contribution is 5.96. The molecule has 0 aliphatic carbocycles. The van der Waals surface area contributed by atoms with E-state index >= 15 is 0 Å². The number of unbranched alkanes of at least 4 members (excludes halogenated alkanes) is 1. The molecule has 23 heavy (non-hydrogen) atoms. The molecular formula is C18H21NO4. The molecule has 1 atom stereocenters. The third-order valence-corrected chi connectivity index (χ3v) is 3.09. The summed E-state index contributed by atoms with van der Waals surface area (Å²) in [6.07, 6.45) is 1.90. The van der Waals surface area contributed by atoms with E-state index in [0.29, 0.717) is 24.0 Å². The Morgan fingerprint density at radius 1 is 1.30 bits per heavy atom. The summed E-state index contributed by atoms with van der Waals surface area (Å²) in [5, 5.41) is 2.56. The van der Waals surface area contributed by atoms with Gasteiger partial charge in [-0.3, -0.25) is 4.79 Å². The van der Waals surface area contributed by atoms with Crippen LogP contribution in [0.1, 0.15) is 49.0 Å². The summed E-state index contributed by atoms with van der Waals surface area (Å²) in [5.41, 5.74) is 1.14. The van der Waals surface area contributed by atoms with E-state index in [1.54, 1.807) is 38.1 Å². The van der Waals surface area contributed by atoms with E-state index in [9.17, 15) is 14.4 Å². The number of ether oxygens (including phenoxy) is 1. The van der Waals surface area contributed by atoms with Gasteiger partial charge in [0.05, 0.1) is 7.11 Å². The Morgan fingerprint density at radius 2 is 2.04 bits per heavy atom. The van der Waals surface area contributed by atoms with Crippen molar-refractivity contribution < 1.29 is 19.1 Å². The number of hydrogen-bond donors (Lipinski definition) is 1.